The second-order valence-electron chi connectivity index (χ2n) is 6.03. The number of esters is 1. The van der Waals surface area contributed by atoms with Crippen molar-refractivity contribution in [1.82, 2.24) is 14.6 Å². The predicted molar refractivity (Wildman–Crippen MR) is 103 cm³/mol. The molecule has 0 aliphatic carbocycles. The molecule has 1 aromatic carbocycles. The summed E-state index contributed by atoms with van der Waals surface area (Å²) in [6.07, 6.45) is 5.31. The third kappa shape index (κ3) is 4.14. The highest BCUT2D eigenvalue weighted by Gasteiger charge is 2.10. The summed E-state index contributed by atoms with van der Waals surface area (Å²) < 4.78 is 6.98. The Morgan fingerprint density at radius 3 is 2.81 bits per heavy atom. The van der Waals surface area contributed by atoms with Crippen LogP contribution in [-0.2, 0) is 9.53 Å². The van der Waals surface area contributed by atoms with Crippen LogP contribution in [0, 0.1) is 0 Å². The van der Waals surface area contributed by atoms with Crippen molar-refractivity contribution in [3.05, 3.63) is 60.1 Å². The second kappa shape index (κ2) is 8.19. The Morgan fingerprint density at radius 1 is 1.23 bits per heavy atom. The summed E-state index contributed by atoms with van der Waals surface area (Å²) in [5.41, 5.74) is 1.81. The quantitative estimate of drug-likeness (QED) is 0.471. The normalized spacial score (nSPS) is 11.5. The molecule has 134 valence electrons. The number of nitrogens with zero attached hydrogens (tertiary/aromatic N) is 3. The lowest BCUT2D eigenvalue weighted by molar-refractivity contribution is -0.137. The largest absolute Gasteiger partial charge is 0.463 e. The standard InChI is InChI=1S/C20H21N3O2S/c1-4-25-19(24)12-9-15-7-5-6-8-17(15)26-16-10-11-18-21-22-20(14(2)3)23(18)13-16/h5-14H,4H2,1-3H3/b12-9+. The molecule has 0 N–H and O–H groups in total. The van der Waals surface area contributed by atoms with Gasteiger partial charge in [-0.05, 0) is 36.8 Å². The van der Waals surface area contributed by atoms with Gasteiger partial charge in [-0.2, -0.15) is 0 Å². The van der Waals surface area contributed by atoms with E-state index in [0.29, 0.717) is 12.5 Å². The second-order valence-corrected chi connectivity index (χ2v) is 7.15. The Labute approximate surface area is 157 Å². The van der Waals surface area contributed by atoms with E-state index in [1.807, 2.05) is 40.8 Å². The molecule has 0 radical (unpaired) electrons. The SMILES string of the molecule is CCOC(=O)/C=C/c1ccccc1Sc1ccc2nnc(C(C)C)n2c1. The lowest BCUT2D eigenvalue weighted by atomic mass is 10.2. The summed E-state index contributed by atoms with van der Waals surface area (Å²) in [7, 11) is 0. The number of aromatic nitrogens is 3. The summed E-state index contributed by atoms with van der Waals surface area (Å²) in [5.74, 6) is 0.905. The molecule has 2 heterocycles. The van der Waals surface area contributed by atoms with E-state index >= 15 is 0 Å². The average molecular weight is 367 g/mol. The first kappa shape index (κ1) is 18.2. The van der Waals surface area contributed by atoms with Crippen LogP contribution in [0.2, 0.25) is 0 Å². The summed E-state index contributed by atoms with van der Waals surface area (Å²) >= 11 is 1.64. The van der Waals surface area contributed by atoms with Crippen LogP contribution in [0.1, 0.15) is 38.1 Å². The Morgan fingerprint density at radius 2 is 2.04 bits per heavy atom. The van der Waals surface area contributed by atoms with Crippen LogP contribution >= 0.6 is 11.8 Å². The zero-order chi connectivity index (χ0) is 18.5. The Balaban J connectivity index is 1.88. The van der Waals surface area contributed by atoms with Crippen LogP contribution in [0.25, 0.3) is 11.7 Å². The highest BCUT2D eigenvalue weighted by atomic mass is 32.2. The molecule has 0 saturated carbocycles. The molecule has 0 saturated heterocycles. The zero-order valence-electron chi connectivity index (χ0n) is 15.0. The molecule has 26 heavy (non-hydrogen) atoms. The molecule has 0 fully saturated rings. The van der Waals surface area contributed by atoms with Crippen molar-refractivity contribution in [2.75, 3.05) is 6.61 Å². The molecule has 3 rings (SSSR count). The topological polar surface area (TPSA) is 56.5 Å². The lowest BCUT2D eigenvalue weighted by Crippen LogP contribution is -1.98. The van der Waals surface area contributed by atoms with Gasteiger partial charge >= 0.3 is 5.97 Å². The number of hydrogen-bond donors (Lipinski definition) is 0. The Bertz CT molecular complexity index is 947. The summed E-state index contributed by atoms with van der Waals surface area (Å²) in [4.78, 5) is 13.7. The van der Waals surface area contributed by atoms with Gasteiger partial charge in [-0.15, -0.1) is 10.2 Å². The van der Waals surface area contributed by atoms with E-state index in [4.69, 9.17) is 4.74 Å². The minimum Gasteiger partial charge on any atom is -0.463 e. The smallest absolute Gasteiger partial charge is 0.330 e. The van der Waals surface area contributed by atoms with Gasteiger partial charge in [-0.3, -0.25) is 4.40 Å². The molecular formula is C20H21N3O2S. The molecular weight excluding hydrogens is 346 g/mol. The Hall–Kier alpha value is -2.60. The van der Waals surface area contributed by atoms with Crippen LogP contribution in [0.5, 0.6) is 0 Å². The van der Waals surface area contributed by atoms with Gasteiger partial charge in [0.05, 0.1) is 6.61 Å². The summed E-state index contributed by atoms with van der Waals surface area (Å²) in [6, 6.07) is 12.0. The maximum Gasteiger partial charge on any atom is 0.330 e. The molecule has 0 spiro atoms. The molecule has 2 aromatic heterocycles. The molecule has 0 atom stereocenters. The first-order chi connectivity index (χ1) is 12.6. The van der Waals surface area contributed by atoms with E-state index in [2.05, 4.69) is 30.2 Å². The number of rotatable bonds is 6. The van der Waals surface area contributed by atoms with Gasteiger partial charge in [0.15, 0.2) is 5.65 Å². The van der Waals surface area contributed by atoms with Crippen LogP contribution in [-0.4, -0.2) is 27.2 Å². The van der Waals surface area contributed by atoms with Gasteiger partial charge in [0.2, 0.25) is 0 Å². The van der Waals surface area contributed by atoms with E-state index in [-0.39, 0.29) is 5.97 Å². The van der Waals surface area contributed by atoms with E-state index < -0.39 is 0 Å². The minimum atomic E-state index is -0.334. The maximum absolute atomic E-state index is 11.6. The number of hydrogen-bond acceptors (Lipinski definition) is 5. The molecule has 3 aromatic rings. The minimum absolute atomic E-state index is 0.296. The summed E-state index contributed by atoms with van der Waals surface area (Å²) in [6.45, 7) is 6.37. The molecule has 0 bridgehead atoms. The van der Waals surface area contributed by atoms with Gasteiger partial charge in [0.25, 0.3) is 0 Å². The molecule has 0 aliphatic heterocycles. The van der Waals surface area contributed by atoms with Gasteiger partial charge < -0.3 is 4.74 Å². The van der Waals surface area contributed by atoms with Gasteiger partial charge in [0.1, 0.15) is 5.82 Å². The molecule has 0 amide bonds. The van der Waals surface area contributed by atoms with Crippen molar-refractivity contribution in [2.24, 2.45) is 0 Å². The van der Waals surface area contributed by atoms with Gasteiger partial charge in [-0.1, -0.05) is 43.8 Å². The number of benzene rings is 1. The van der Waals surface area contributed by atoms with Crippen LogP contribution in [0.3, 0.4) is 0 Å². The van der Waals surface area contributed by atoms with Crippen molar-refractivity contribution < 1.29 is 9.53 Å². The third-order valence-corrected chi connectivity index (χ3v) is 4.82. The monoisotopic (exact) mass is 367 g/mol. The fourth-order valence-electron chi connectivity index (χ4n) is 2.53. The molecule has 0 aliphatic rings. The third-order valence-electron chi connectivity index (χ3n) is 3.75. The van der Waals surface area contributed by atoms with Gasteiger partial charge in [0, 0.05) is 28.0 Å². The predicted octanol–water partition coefficient (Wildman–Crippen LogP) is 4.58. The van der Waals surface area contributed by atoms with Crippen LogP contribution in [0.4, 0.5) is 0 Å². The molecule has 6 heteroatoms. The highest BCUT2D eigenvalue weighted by molar-refractivity contribution is 7.99. The van der Waals surface area contributed by atoms with Crippen LogP contribution in [0.15, 0.2) is 58.5 Å². The first-order valence-electron chi connectivity index (χ1n) is 8.55. The van der Waals surface area contributed by atoms with Crippen molar-refractivity contribution in [2.45, 2.75) is 36.5 Å². The molecule has 5 nitrogen and oxygen atoms in total. The van der Waals surface area contributed by atoms with Crippen molar-refractivity contribution in [3.63, 3.8) is 0 Å². The zero-order valence-corrected chi connectivity index (χ0v) is 15.9. The fraction of sp³-hybridized carbons (Fsp3) is 0.250. The van der Waals surface area contributed by atoms with Gasteiger partial charge in [-0.25, -0.2) is 4.79 Å². The average Bonchev–Trinajstić information content (AvgIpc) is 3.05. The van der Waals surface area contributed by atoms with E-state index in [1.54, 1.807) is 24.8 Å². The van der Waals surface area contributed by atoms with Crippen molar-refractivity contribution in [1.29, 1.82) is 0 Å². The summed E-state index contributed by atoms with van der Waals surface area (Å²) in [5, 5.41) is 8.48. The number of fused-ring (bicyclic) bond motifs is 1. The van der Waals surface area contributed by atoms with Crippen LogP contribution < -0.4 is 0 Å². The Kier molecular flexibility index (Phi) is 5.73. The van der Waals surface area contributed by atoms with E-state index in [1.165, 1.54) is 6.08 Å². The maximum atomic E-state index is 11.6. The number of ether oxygens (including phenoxy) is 1. The number of pyridine rings is 1. The van der Waals surface area contributed by atoms with E-state index in [0.717, 1.165) is 26.8 Å². The lowest BCUT2D eigenvalue weighted by Gasteiger charge is -2.08. The highest BCUT2D eigenvalue weighted by Crippen LogP contribution is 2.31. The fourth-order valence-corrected chi connectivity index (χ4v) is 3.48. The van der Waals surface area contributed by atoms with Crippen molar-refractivity contribution >= 4 is 29.5 Å². The molecule has 0 unspecified atom stereocenters. The number of carbonyl (C=O) groups is 1. The van der Waals surface area contributed by atoms with E-state index in [9.17, 15) is 4.79 Å². The number of carbonyl (C=O) groups excluding carboxylic acids is 1. The first-order valence-corrected chi connectivity index (χ1v) is 9.36. The van der Waals surface area contributed by atoms with Crippen molar-refractivity contribution in [3.8, 4) is 0 Å².